The summed E-state index contributed by atoms with van der Waals surface area (Å²) < 4.78 is 5.27. The molecule has 1 aromatic carbocycles. The van der Waals surface area contributed by atoms with Crippen LogP contribution in [-0.2, 0) is 6.42 Å². The lowest BCUT2D eigenvalue weighted by Gasteiger charge is -2.18. The maximum absolute atomic E-state index is 5.27. The molecule has 1 aliphatic carbocycles. The fourth-order valence-electron chi connectivity index (χ4n) is 2.60. The lowest BCUT2D eigenvalue weighted by molar-refractivity contribution is 0.412. The Bertz CT molecular complexity index is 364. The van der Waals surface area contributed by atoms with Crippen LogP contribution in [0.4, 0.5) is 0 Å². The summed E-state index contributed by atoms with van der Waals surface area (Å²) in [6.07, 6.45) is 2.49. The van der Waals surface area contributed by atoms with Gasteiger partial charge >= 0.3 is 0 Å². The second-order valence-corrected chi connectivity index (χ2v) is 5.10. The molecule has 2 heteroatoms. The lowest BCUT2D eigenvalue weighted by atomic mass is 10.0. The number of nitrogens with one attached hydrogen (secondary N) is 1. The molecule has 2 rings (SSSR count). The smallest absolute Gasteiger partial charge is 0.119 e. The molecule has 0 heterocycles. The summed E-state index contributed by atoms with van der Waals surface area (Å²) in [6.45, 7) is 5.59. The van der Waals surface area contributed by atoms with Crippen LogP contribution < -0.4 is 10.1 Å². The zero-order valence-electron chi connectivity index (χ0n) is 11.1. The molecular weight excluding hydrogens is 210 g/mol. The third-order valence-electron chi connectivity index (χ3n) is 3.74. The molecule has 0 aromatic heterocycles. The fraction of sp³-hybridized carbons (Fsp3) is 0.600. The summed E-state index contributed by atoms with van der Waals surface area (Å²) in [5.74, 6) is 2.72. The quantitative estimate of drug-likeness (QED) is 0.815. The monoisotopic (exact) mass is 233 g/mol. The Morgan fingerprint density at radius 2 is 2.24 bits per heavy atom. The lowest BCUT2D eigenvalue weighted by Crippen LogP contribution is -2.33. The zero-order valence-corrected chi connectivity index (χ0v) is 11.1. The first-order valence-corrected chi connectivity index (χ1v) is 6.61. The third kappa shape index (κ3) is 3.22. The van der Waals surface area contributed by atoms with Gasteiger partial charge in [0.25, 0.3) is 0 Å². The van der Waals surface area contributed by atoms with Gasteiger partial charge in [-0.2, -0.15) is 0 Å². The van der Waals surface area contributed by atoms with Crippen LogP contribution in [0.2, 0.25) is 0 Å². The Kier molecular flexibility index (Phi) is 4.06. The standard InChI is InChI=1S/C15H23NO/c1-4-16-15(14-8-11(14)2)10-12-6-5-7-13(9-12)17-3/h5-7,9,11,14-16H,4,8,10H2,1-3H3. The van der Waals surface area contributed by atoms with Gasteiger partial charge in [-0.05, 0) is 48.9 Å². The first-order valence-electron chi connectivity index (χ1n) is 6.61. The van der Waals surface area contributed by atoms with E-state index in [1.165, 1.54) is 12.0 Å². The number of ether oxygens (including phenoxy) is 1. The summed E-state index contributed by atoms with van der Waals surface area (Å²) in [6, 6.07) is 9.05. The molecular formula is C15H23NO. The summed E-state index contributed by atoms with van der Waals surface area (Å²) >= 11 is 0. The van der Waals surface area contributed by atoms with Crippen LogP contribution in [0.1, 0.15) is 25.8 Å². The normalized spacial score (nSPS) is 24.4. The second-order valence-electron chi connectivity index (χ2n) is 5.10. The minimum atomic E-state index is 0.627. The molecule has 1 aliphatic rings. The number of hydrogen-bond donors (Lipinski definition) is 1. The van der Waals surface area contributed by atoms with E-state index < -0.39 is 0 Å². The SMILES string of the molecule is CCNC(Cc1cccc(OC)c1)C1CC1C. The maximum Gasteiger partial charge on any atom is 0.119 e. The molecule has 0 radical (unpaired) electrons. The predicted octanol–water partition coefficient (Wildman–Crippen LogP) is 2.87. The summed E-state index contributed by atoms with van der Waals surface area (Å²) in [5, 5.41) is 3.62. The maximum atomic E-state index is 5.27. The van der Waals surface area contributed by atoms with Crippen molar-refractivity contribution in [2.45, 2.75) is 32.7 Å². The Hall–Kier alpha value is -1.02. The molecule has 1 saturated carbocycles. The van der Waals surface area contributed by atoms with Crippen molar-refractivity contribution >= 4 is 0 Å². The van der Waals surface area contributed by atoms with Crippen molar-refractivity contribution in [2.75, 3.05) is 13.7 Å². The van der Waals surface area contributed by atoms with Crippen molar-refractivity contribution in [2.24, 2.45) is 11.8 Å². The molecule has 0 bridgehead atoms. The minimum absolute atomic E-state index is 0.627. The molecule has 0 spiro atoms. The molecule has 17 heavy (non-hydrogen) atoms. The van der Waals surface area contributed by atoms with Crippen LogP contribution >= 0.6 is 0 Å². The van der Waals surface area contributed by atoms with E-state index in [1.807, 2.05) is 6.07 Å². The van der Waals surface area contributed by atoms with Gasteiger partial charge in [0.05, 0.1) is 7.11 Å². The van der Waals surface area contributed by atoms with Crippen LogP contribution in [0, 0.1) is 11.8 Å². The summed E-state index contributed by atoms with van der Waals surface area (Å²) in [4.78, 5) is 0. The molecule has 1 N–H and O–H groups in total. The number of rotatable bonds is 6. The van der Waals surface area contributed by atoms with E-state index in [2.05, 4.69) is 37.4 Å². The van der Waals surface area contributed by atoms with Crippen LogP contribution in [0.15, 0.2) is 24.3 Å². The highest BCUT2D eigenvalue weighted by atomic mass is 16.5. The van der Waals surface area contributed by atoms with E-state index in [4.69, 9.17) is 4.74 Å². The van der Waals surface area contributed by atoms with Crippen molar-refractivity contribution < 1.29 is 4.74 Å². The highest BCUT2D eigenvalue weighted by Gasteiger charge is 2.38. The average Bonchev–Trinajstić information content (AvgIpc) is 3.06. The Labute approximate surface area is 104 Å². The zero-order chi connectivity index (χ0) is 12.3. The van der Waals surface area contributed by atoms with Gasteiger partial charge in [0.1, 0.15) is 5.75 Å². The van der Waals surface area contributed by atoms with Crippen LogP contribution in [0.5, 0.6) is 5.75 Å². The highest BCUT2D eigenvalue weighted by molar-refractivity contribution is 5.29. The van der Waals surface area contributed by atoms with E-state index in [9.17, 15) is 0 Å². The van der Waals surface area contributed by atoms with E-state index in [0.29, 0.717) is 6.04 Å². The van der Waals surface area contributed by atoms with E-state index >= 15 is 0 Å². The Balaban J connectivity index is 2.01. The molecule has 3 unspecified atom stereocenters. The van der Waals surface area contributed by atoms with Gasteiger partial charge in [-0.3, -0.25) is 0 Å². The number of likely N-dealkylation sites (N-methyl/N-ethyl adjacent to an activating group) is 1. The van der Waals surface area contributed by atoms with Crippen LogP contribution in [0.3, 0.4) is 0 Å². The largest absolute Gasteiger partial charge is 0.497 e. The average molecular weight is 233 g/mol. The predicted molar refractivity (Wildman–Crippen MR) is 71.4 cm³/mol. The van der Waals surface area contributed by atoms with Crippen molar-refractivity contribution in [1.29, 1.82) is 0 Å². The van der Waals surface area contributed by atoms with Gasteiger partial charge in [0.15, 0.2) is 0 Å². The highest BCUT2D eigenvalue weighted by Crippen LogP contribution is 2.41. The fourth-order valence-corrected chi connectivity index (χ4v) is 2.60. The molecule has 3 atom stereocenters. The molecule has 1 fully saturated rings. The molecule has 0 amide bonds. The molecule has 0 aliphatic heterocycles. The molecule has 1 aromatic rings. The first kappa shape index (κ1) is 12.4. The van der Waals surface area contributed by atoms with Gasteiger partial charge in [-0.25, -0.2) is 0 Å². The van der Waals surface area contributed by atoms with Gasteiger partial charge in [-0.15, -0.1) is 0 Å². The first-order chi connectivity index (χ1) is 8.24. The van der Waals surface area contributed by atoms with Gasteiger partial charge in [0.2, 0.25) is 0 Å². The van der Waals surface area contributed by atoms with E-state index in [1.54, 1.807) is 7.11 Å². The van der Waals surface area contributed by atoms with Crippen molar-refractivity contribution in [1.82, 2.24) is 5.32 Å². The third-order valence-corrected chi connectivity index (χ3v) is 3.74. The van der Waals surface area contributed by atoms with Gasteiger partial charge in [0, 0.05) is 6.04 Å². The molecule has 0 saturated heterocycles. The molecule has 94 valence electrons. The molecule has 2 nitrogen and oxygen atoms in total. The van der Waals surface area contributed by atoms with Crippen molar-refractivity contribution in [3.05, 3.63) is 29.8 Å². The van der Waals surface area contributed by atoms with Gasteiger partial charge < -0.3 is 10.1 Å². The van der Waals surface area contributed by atoms with E-state index in [0.717, 1.165) is 30.6 Å². The van der Waals surface area contributed by atoms with Crippen LogP contribution in [0.25, 0.3) is 0 Å². The second kappa shape index (κ2) is 5.54. The summed E-state index contributed by atoms with van der Waals surface area (Å²) in [5.41, 5.74) is 1.37. The van der Waals surface area contributed by atoms with E-state index in [-0.39, 0.29) is 0 Å². The minimum Gasteiger partial charge on any atom is -0.497 e. The Morgan fingerprint density at radius 1 is 1.47 bits per heavy atom. The van der Waals surface area contributed by atoms with Gasteiger partial charge in [-0.1, -0.05) is 26.0 Å². The number of hydrogen-bond acceptors (Lipinski definition) is 2. The summed E-state index contributed by atoms with van der Waals surface area (Å²) in [7, 11) is 1.73. The van der Waals surface area contributed by atoms with Crippen molar-refractivity contribution in [3.63, 3.8) is 0 Å². The Morgan fingerprint density at radius 3 is 2.82 bits per heavy atom. The number of benzene rings is 1. The topological polar surface area (TPSA) is 21.3 Å². The van der Waals surface area contributed by atoms with Crippen LogP contribution in [-0.4, -0.2) is 19.7 Å². The van der Waals surface area contributed by atoms with Crippen molar-refractivity contribution in [3.8, 4) is 5.75 Å². The number of methoxy groups -OCH3 is 1.